The predicted octanol–water partition coefficient (Wildman–Crippen LogP) is 1.03. The lowest BCUT2D eigenvalue weighted by atomic mass is 10.1. The molecule has 0 radical (unpaired) electrons. The molecular formula is C12H18N4OS. The second-order valence-corrected chi connectivity index (χ2v) is 6.03. The van der Waals surface area contributed by atoms with Gasteiger partial charge in [0.25, 0.3) is 5.91 Å². The molecule has 98 valence electrons. The highest BCUT2D eigenvalue weighted by atomic mass is 32.1. The SMILES string of the molecule is CC1CN(C2CC2)CCN1C(=O)c1csc(N)n1. The molecule has 2 N–H and O–H groups in total. The molecule has 18 heavy (non-hydrogen) atoms. The number of nitrogens with zero attached hydrogens (tertiary/aromatic N) is 3. The molecule has 1 saturated heterocycles. The topological polar surface area (TPSA) is 62.5 Å². The molecule has 1 aliphatic heterocycles. The maximum atomic E-state index is 12.3. The number of amides is 1. The Morgan fingerprint density at radius 3 is 2.83 bits per heavy atom. The zero-order valence-corrected chi connectivity index (χ0v) is 11.3. The van der Waals surface area contributed by atoms with Crippen LogP contribution < -0.4 is 5.73 Å². The van der Waals surface area contributed by atoms with Gasteiger partial charge >= 0.3 is 0 Å². The highest BCUT2D eigenvalue weighted by Crippen LogP contribution is 2.29. The normalized spacial score (nSPS) is 25.4. The molecule has 3 rings (SSSR count). The van der Waals surface area contributed by atoms with Gasteiger partial charge in [0.05, 0.1) is 0 Å². The monoisotopic (exact) mass is 266 g/mol. The maximum absolute atomic E-state index is 12.3. The molecule has 1 saturated carbocycles. The summed E-state index contributed by atoms with van der Waals surface area (Å²) in [4.78, 5) is 20.8. The van der Waals surface area contributed by atoms with Crippen molar-refractivity contribution in [1.82, 2.24) is 14.8 Å². The summed E-state index contributed by atoms with van der Waals surface area (Å²) in [6.45, 7) is 4.88. The summed E-state index contributed by atoms with van der Waals surface area (Å²) in [6.07, 6.45) is 2.65. The van der Waals surface area contributed by atoms with E-state index >= 15 is 0 Å². The Labute approximate surface area is 111 Å². The summed E-state index contributed by atoms with van der Waals surface area (Å²) in [5.41, 5.74) is 6.07. The standard InChI is InChI=1S/C12H18N4OS/c1-8-6-15(9-2-3-9)4-5-16(8)11(17)10-7-18-12(13)14-10/h7-9H,2-6H2,1H3,(H2,13,14). The molecule has 0 spiro atoms. The number of nitrogens with two attached hydrogens (primary N) is 1. The van der Waals surface area contributed by atoms with E-state index < -0.39 is 0 Å². The van der Waals surface area contributed by atoms with Crippen molar-refractivity contribution in [2.24, 2.45) is 0 Å². The van der Waals surface area contributed by atoms with Gasteiger partial charge in [-0.2, -0.15) is 0 Å². The lowest BCUT2D eigenvalue weighted by Crippen LogP contribution is -2.54. The number of piperazine rings is 1. The number of carbonyl (C=O) groups excluding carboxylic acids is 1. The summed E-state index contributed by atoms with van der Waals surface area (Å²) in [5, 5.41) is 2.21. The van der Waals surface area contributed by atoms with Gasteiger partial charge < -0.3 is 10.6 Å². The minimum absolute atomic E-state index is 0.0193. The fourth-order valence-electron chi connectivity index (χ4n) is 2.59. The number of carbonyl (C=O) groups is 1. The third-order valence-corrected chi connectivity index (χ3v) is 4.40. The van der Waals surface area contributed by atoms with Crippen molar-refractivity contribution in [3.63, 3.8) is 0 Å². The minimum atomic E-state index is 0.0193. The fraction of sp³-hybridized carbons (Fsp3) is 0.667. The third-order valence-electron chi connectivity index (χ3n) is 3.72. The largest absolute Gasteiger partial charge is 0.375 e. The first-order valence-corrected chi connectivity index (χ1v) is 7.29. The molecule has 1 aromatic rings. The number of nitrogen functional groups attached to an aromatic ring is 1. The first-order valence-electron chi connectivity index (χ1n) is 6.41. The highest BCUT2D eigenvalue weighted by molar-refractivity contribution is 7.13. The summed E-state index contributed by atoms with van der Waals surface area (Å²) in [7, 11) is 0. The summed E-state index contributed by atoms with van der Waals surface area (Å²) in [5.74, 6) is 0.0193. The van der Waals surface area contributed by atoms with E-state index in [1.54, 1.807) is 5.38 Å². The lowest BCUT2D eigenvalue weighted by Gasteiger charge is -2.39. The Bertz CT molecular complexity index is 457. The number of rotatable bonds is 2. The van der Waals surface area contributed by atoms with E-state index in [1.165, 1.54) is 24.2 Å². The molecular weight excluding hydrogens is 248 g/mol. The predicted molar refractivity (Wildman–Crippen MR) is 71.6 cm³/mol. The Morgan fingerprint density at radius 1 is 1.50 bits per heavy atom. The molecule has 1 aromatic heterocycles. The van der Waals surface area contributed by atoms with Crippen LogP contribution in [0.3, 0.4) is 0 Å². The van der Waals surface area contributed by atoms with E-state index in [0.29, 0.717) is 10.8 Å². The van der Waals surface area contributed by atoms with Crippen LogP contribution in [-0.4, -0.2) is 52.4 Å². The molecule has 2 aliphatic rings. The quantitative estimate of drug-likeness (QED) is 0.868. The van der Waals surface area contributed by atoms with Gasteiger partial charge in [-0.25, -0.2) is 4.98 Å². The number of hydrogen-bond acceptors (Lipinski definition) is 5. The summed E-state index contributed by atoms with van der Waals surface area (Å²) in [6, 6.07) is 1.04. The first kappa shape index (κ1) is 11.9. The second kappa shape index (κ2) is 4.51. The zero-order chi connectivity index (χ0) is 12.7. The molecule has 5 nitrogen and oxygen atoms in total. The number of aromatic nitrogens is 1. The Balaban J connectivity index is 1.67. The maximum Gasteiger partial charge on any atom is 0.273 e. The molecule has 0 bridgehead atoms. The van der Waals surface area contributed by atoms with Crippen molar-refractivity contribution in [2.45, 2.75) is 31.8 Å². The van der Waals surface area contributed by atoms with Gasteiger partial charge in [0, 0.05) is 37.1 Å². The molecule has 2 heterocycles. The first-order chi connectivity index (χ1) is 8.65. The van der Waals surface area contributed by atoms with Crippen LogP contribution in [0.15, 0.2) is 5.38 Å². The van der Waals surface area contributed by atoms with Gasteiger partial charge in [-0.05, 0) is 19.8 Å². The Kier molecular flexibility index (Phi) is 2.99. The minimum Gasteiger partial charge on any atom is -0.375 e. The van der Waals surface area contributed by atoms with Crippen molar-refractivity contribution in [1.29, 1.82) is 0 Å². The van der Waals surface area contributed by atoms with Crippen LogP contribution in [0.2, 0.25) is 0 Å². The van der Waals surface area contributed by atoms with Gasteiger partial charge in [0.15, 0.2) is 5.13 Å². The highest BCUT2D eigenvalue weighted by Gasteiger charge is 2.36. The van der Waals surface area contributed by atoms with Crippen LogP contribution in [0, 0.1) is 0 Å². The molecule has 1 aliphatic carbocycles. The van der Waals surface area contributed by atoms with E-state index in [-0.39, 0.29) is 11.9 Å². The van der Waals surface area contributed by atoms with Gasteiger partial charge in [-0.3, -0.25) is 9.69 Å². The molecule has 2 fully saturated rings. The van der Waals surface area contributed by atoms with Crippen LogP contribution in [0.4, 0.5) is 5.13 Å². The smallest absolute Gasteiger partial charge is 0.273 e. The number of hydrogen-bond donors (Lipinski definition) is 1. The Morgan fingerprint density at radius 2 is 2.28 bits per heavy atom. The van der Waals surface area contributed by atoms with E-state index in [0.717, 1.165) is 25.7 Å². The molecule has 0 aromatic carbocycles. The van der Waals surface area contributed by atoms with E-state index in [9.17, 15) is 4.79 Å². The van der Waals surface area contributed by atoms with Crippen LogP contribution in [0.1, 0.15) is 30.3 Å². The van der Waals surface area contributed by atoms with E-state index in [1.807, 2.05) is 4.90 Å². The number of anilines is 1. The van der Waals surface area contributed by atoms with Gasteiger partial charge in [-0.1, -0.05) is 0 Å². The van der Waals surface area contributed by atoms with Gasteiger partial charge in [0.2, 0.25) is 0 Å². The fourth-order valence-corrected chi connectivity index (χ4v) is 3.13. The van der Waals surface area contributed by atoms with Crippen molar-refractivity contribution in [3.8, 4) is 0 Å². The average Bonchev–Trinajstić information content (AvgIpc) is 3.11. The second-order valence-electron chi connectivity index (χ2n) is 5.14. The van der Waals surface area contributed by atoms with E-state index in [2.05, 4.69) is 16.8 Å². The average molecular weight is 266 g/mol. The molecule has 6 heteroatoms. The van der Waals surface area contributed by atoms with Crippen molar-refractivity contribution in [2.75, 3.05) is 25.4 Å². The zero-order valence-electron chi connectivity index (χ0n) is 10.5. The van der Waals surface area contributed by atoms with Crippen LogP contribution in [0.25, 0.3) is 0 Å². The van der Waals surface area contributed by atoms with Gasteiger partial charge in [-0.15, -0.1) is 11.3 Å². The molecule has 1 amide bonds. The van der Waals surface area contributed by atoms with Crippen LogP contribution in [-0.2, 0) is 0 Å². The third kappa shape index (κ3) is 2.22. The molecule has 1 atom stereocenters. The summed E-state index contributed by atoms with van der Waals surface area (Å²) >= 11 is 1.32. The lowest BCUT2D eigenvalue weighted by molar-refractivity contribution is 0.0469. The van der Waals surface area contributed by atoms with Crippen molar-refractivity contribution >= 4 is 22.4 Å². The van der Waals surface area contributed by atoms with Crippen LogP contribution in [0.5, 0.6) is 0 Å². The van der Waals surface area contributed by atoms with Crippen LogP contribution >= 0.6 is 11.3 Å². The molecule has 1 unspecified atom stereocenters. The Hall–Kier alpha value is -1.14. The number of thiazole rings is 1. The van der Waals surface area contributed by atoms with Crippen molar-refractivity contribution < 1.29 is 4.79 Å². The summed E-state index contributed by atoms with van der Waals surface area (Å²) < 4.78 is 0. The van der Waals surface area contributed by atoms with Crippen molar-refractivity contribution in [3.05, 3.63) is 11.1 Å². The van der Waals surface area contributed by atoms with E-state index in [4.69, 9.17) is 5.73 Å². The van der Waals surface area contributed by atoms with Gasteiger partial charge in [0.1, 0.15) is 5.69 Å².